The minimum absolute atomic E-state index is 0.214. The summed E-state index contributed by atoms with van der Waals surface area (Å²) in [5.74, 6) is -0.799. The maximum atomic E-state index is 13.5. The van der Waals surface area contributed by atoms with Gasteiger partial charge in [0.1, 0.15) is 16.7 Å². The number of ether oxygens (including phenoxy) is 1. The van der Waals surface area contributed by atoms with Crippen molar-refractivity contribution in [1.82, 2.24) is 4.98 Å². The number of aryl methyl sites for hydroxylation is 1. The third kappa shape index (κ3) is 2.87. The Kier molecular flexibility index (Phi) is 4.08. The molecule has 0 fully saturated rings. The van der Waals surface area contributed by atoms with Crippen molar-refractivity contribution in [1.29, 1.82) is 0 Å². The molecule has 0 amide bonds. The van der Waals surface area contributed by atoms with Gasteiger partial charge in [0.05, 0.1) is 12.3 Å². The van der Waals surface area contributed by atoms with E-state index in [1.807, 2.05) is 6.07 Å². The zero-order valence-electron chi connectivity index (χ0n) is 11.4. The van der Waals surface area contributed by atoms with Crippen LogP contribution in [0.5, 0.6) is 0 Å². The summed E-state index contributed by atoms with van der Waals surface area (Å²) in [5.41, 5.74) is 1.53. The minimum Gasteiger partial charge on any atom is -0.465 e. The second-order valence-corrected chi connectivity index (χ2v) is 6.83. The Hall–Kier alpha value is -1.27. The van der Waals surface area contributed by atoms with E-state index in [1.54, 1.807) is 6.92 Å². The Balaban J connectivity index is 1.94. The summed E-state index contributed by atoms with van der Waals surface area (Å²) in [6.07, 6.45) is 1.58. The number of carbonyl (C=O) groups excluding carboxylic acids is 1. The highest BCUT2D eigenvalue weighted by Gasteiger charge is 2.33. The lowest BCUT2D eigenvalue weighted by molar-refractivity contribution is -0.145. The Labute approximate surface area is 134 Å². The summed E-state index contributed by atoms with van der Waals surface area (Å²) >= 11 is 4.81. The van der Waals surface area contributed by atoms with Gasteiger partial charge < -0.3 is 4.74 Å². The molecule has 0 saturated carbocycles. The van der Waals surface area contributed by atoms with Gasteiger partial charge in [-0.3, -0.25) is 4.79 Å². The summed E-state index contributed by atoms with van der Waals surface area (Å²) < 4.78 is 19.3. The van der Waals surface area contributed by atoms with Gasteiger partial charge in [-0.25, -0.2) is 9.37 Å². The van der Waals surface area contributed by atoms with Crippen LogP contribution in [0, 0.1) is 5.82 Å². The lowest BCUT2D eigenvalue weighted by atomic mass is 10.1. The summed E-state index contributed by atoms with van der Waals surface area (Å²) in [5, 5.41) is 0.745. The first-order valence-corrected chi connectivity index (χ1v) is 8.32. The van der Waals surface area contributed by atoms with Crippen LogP contribution in [0.25, 0.3) is 10.6 Å². The van der Waals surface area contributed by atoms with E-state index in [4.69, 9.17) is 4.74 Å². The van der Waals surface area contributed by atoms with Gasteiger partial charge in [-0.15, -0.1) is 11.3 Å². The second kappa shape index (κ2) is 5.85. The molecule has 3 rings (SSSR count). The number of nitrogens with zero attached hydrogens (tertiary/aromatic N) is 1. The van der Waals surface area contributed by atoms with Gasteiger partial charge in [0.25, 0.3) is 0 Å². The van der Waals surface area contributed by atoms with E-state index >= 15 is 0 Å². The number of thiazole rings is 1. The molecule has 2 aromatic rings. The van der Waals surface area contributed by atoms with Crippen molar-refractivity contribution in [2.45, 2.75) is 25.7 Å². The van der Waals surface area contributed by atoms with Crippen molar-refractivity contribution in [3.63, 3.8) is 0 Å². The second-order valence-electron chi connectivity index (χ2n) is 4.83. The molecule has 1 aliphatic carbocycles. The highest BCUT2D eigenvalue weighted by Crippen LogP contribution is 2.40. The first-order valence-electron chi connectivity index (χ1n) is 6.71. The van der Waals surface area contributed by atoms with Gasteiger partial charge in [0.15, 0.2) is 0 Å². The standard InChI is InChI=1S/C15H13BrFNO2S/c1-2-20-15(19)11-3-4-12-13(11)18-14(21-12)8-5-9(16)7-10(17)6-8/h5-7,11H,2-4H2,1H3. The predicted molar refractivity (Wildman–Crippen MR) is 82.9 cm³/mol. The summed E-state index contributed by atoms with van der Waals surface area (Å²) in [6, 6.07) is 4.70. The maximum absolute atomic E-state index is 13.5. The Bertz CT molecular complexity index is 681. The molecule has 21 heavy (non-hydrogen) atoms. The van der Waals surface area contributed by atoms with E-state index in [0.717, 1.165) is 34.0 Å². The normalized spacial score (nSPS) is 16.8. The fourth-order valence-corrected chi connectivity index (χ4v) is 4.09. The van der Waals surface area contributed by atoms with Crippen LogP contribution >= 0.6 is 27.3 Å². The van der Waals surface area contributed by atoms with Crippen molar-refractivity contribution in [2.24, 2.45) is 0 Å². The lowest BCUT2D eigenvalue weighted by Crippen LogP contribution is -2.14. The molecule has 3 nitrogen and oxygen atoms in total. The quantitative estimate of drug-likeness (QED) is 0.756. The zero-order valence-corrected chi connectivity index (χ0v) is 13.8. The van der Waals surface area contributed by atoms with E-state index in [0.29, 0.717) is 11.1 Å². The van der Waals surface area contributed by atoms with Crippen molar-refractivity contribution < 1.29 is 13.9 Å². The van der Waals surface area contributed by atoms with Crippen LogP contribution in [0.3, 0.4) is 0 Å². The van der Waals surface area contributed by atoms with E-state index in [1.165, 1.54) is 23.5 Å². The molecule has 0 N–H and O–H groups in total. The SMILES string of the molecule is CCOC(=O)C1CCc2sc(-c3cc(F)cc(Br)c3)nc21. The molecule has 0 saturated heterocycles. The predicted octanol–water partition coefficient (Wildman–Crippen LogP) is 4.30. The minimum atomic E-state index is -0.309. The van der Waals surface area contributed by atoms with Crippen LogP contribution in [-0.4, -0.2) is 17.6 Å². The Morgan fingerprint density at radius 3 is 3.05 bits per heavy atom. The molecule has 0 radical (unpaired) electrons. The molecular formula is C15H13BrFNO2S. The van der Waals surface area contributed by atoms with Gasteiger partial charge in [0, 0.05) is 14.9 Å². The van der Waals surface area contributed by atoms with Gasteiger partial charge in [0.2, 0.25) is 0 Å². The van der Waals surface area contributed by atoms with E-state index in [-0.39, 0.29) is 17.7 Å². The lowest BCUT2D eigenvalue weighted by Gasteiger charge is -2.07. The summed E-state index contributed by atoms with van der Waals surface area (Å²) in [6.45, 7) is 2.17. The molecule has 1 atom stereocenters. The van der Waals surface area contributed by atoms with E-state index < -0.39 is 0 Å². The van der Waals surface area contributed by atoms with Crippen LogP contribution < -0.4 is 0 Å². The molecule has 1 aromatic carbocycles. The molecule has 6 heteroatoms. The summed E-state index contributed by atoms with van der Waals surface area (Å²) in [4.78, 5) is 17.6. The molecule has 0 spiro atoms. The van der Waals surface area contributed by atoms with Crippen molar-refractivity contribution in [3.8, 4) is 10.6 Å². The van der Waals surface area contributed by atoms with Crippen LogP contribution in [0.1, 0.15) is 29.8 Å². The molecule has 0 aliphatic heterocycles. The van der Waals surface area contributed by atoms with Crippen LogP contribution in [0.15, 0.2) is 22.7 Å². The van der Waals surface area contributed by atoms with Crippen molar-refractivity contribution >= 4 is 33.2 Å². The number of benzene rings is 1. The van der Waals surface area contributed by atoms with E-state index in [9.17, 15) is 9.18 Å². The molecule has 1 heterocycles. The first-order chi connectivity index (χ1) is 10.1. The number of carbonyl (C=O) groups is 1. The number of hydrogen-bond acceptors (Lipinski definition) is 4. The maximum Gasteiger partial charge on any atom is 0.315 e. The third-order valence-corrected chi connectivity index (χ3v) is 5.04. The number of aromatic nitrogens is 1. The summed E-state index contributed by atoms with van der Waals surface area (Å²) in [7, 11) is 0. The largest absolute Gasteiger partial charge is 0.465 e. The number of halogens is 2. The first kappa shape index (κ1) is 14.7. The van der Waals surface area contributed by atoms with Gasteiger partial charge in [-0.1, -0.05) is 15.9 Å². The number of hydrogen-bond donors (Lipinski definition) is 0. The fraction of sp³-hybridized carbons (Fsp3) is 0.333. The molecule has 1 aromatic heterocycles. The zero-order chi connectivity index (χ0) is 15.0. The monoisotopic (exact) mass is 369 g/mol. The van der Waals surface area contributed by atoms with Crippen molar-refractivity contribution in [2.75, 3.05) is 6.61 Å². The van der Waals surface area contributed by atoms with Gasteiger partial charge >= 0.3 is 5.97 Å². The average Bonchev–Trinajstić information content (AvgIpc) is 2.96. The average molecular weight is 370 g/mol. The number of fused-ring (bicyclic) bond motifs is 1. The van der Waals surface area contributed by atoms with E-state index in [2.05, 4.69) is 20.9 Å². The molecular weight excluding hydrogens is 357 g/mol. The Morgan fingerprint density at radius 2 is 2.33 bits per heavy atom. The number of rotatable bonds is 3. The van der Waals surface area contributed by atoms with Crippen molar-refractivity contribution in [3.05, 3.63) is 39.1 Å². The molecule has 0 bridgehead atoms. The smallest absolute Gasteiger partial charge is 0.315 e. The topological polar surface area (TPSA) is 39.2 Å². The molecule has 1 aliphatic rings. The fourth-order valence-electron chi connectivity index (χ4n) is 2.50. The molecule has 1 unspecified atom stereocenters. The number of esters is 1. The third-order valence-electron chi connectivity index (χ3n) is 3.40. The van der Waals surface area contributed by atoms with Crippen LogP contribution in [-0.2, 0) is 16.0 Å². The molecule has 110 valence electrons. The Morgan fingerprint density at radius 1 is 1.52 bits per heavy atom. The van der Waals surface area contributed by atoms with Crippen LogP contribution in [0.2, 0.25) is 0 Å². The highest BCUT2D eigenvalue weighted by molar-refractivity contribution is 9.10. The van der Waals surface area contributed by atoms with Gasteiger partial charge in [-0.05, 0) is 38.0 Å². The van der Waals surface area contributed by atoms with Gasteiger partial charge in [-0.2, -0.15) is 0 Å². The van der Waals surface area contributed by atoms with Crippen LogP contribution in [0.4, 0.5) is 4.39 Å². The highest BCUT2D eigenvalue weighted by atomic mass is 79.9.